The van der Waals surface area contributed by atoms with Crippen molar-refractivity contribution >= 4 is 11.3 Å². The van der Waals surface area contributed by atoms with Gasteiger partial charge in [0.2, 0.25) is 0 Å². The van der Waals surface area contributed by atoms with Gasteiger partial charge in [0.1, 0.15) is 22.9 Å². The molecule has 3 aromatic heterocycles. The Kier molecular flexibility index (Phi) is 8.36. The third kappa shape index (κ3) is 6.89. The Balaban J connectivity index is 1.97. The Morgan fingerprint density at radius 1 is 0.605 bits per heavy atom. The van der Waals surface area contributed by atoms with Gasteiger partial charge in [-0.3, -0.25) is 0 Å². The standard InChI is InChI=1S/C33H52N4S/c1-22-18-24(30(3,4)5)36(25(19-22)31(6,7)8)17-15-16-28-34-35-29(38-28)37-26(32(9,10)11)20-23(2)21-27(37)33(12,13)14/h18-21H,15-17H2,1-14H3/q+2. The summed E-state index contributed by atoms with van der Waals surface area (Å²) in [6.45, 7) is 33.0. The van der Waals surface area contributed by atoms with Crippen LogP contribution in [0, 0.1) is 13.8 Å². The van der Waals surface area contributed by atoms with Crippen LogP contribution in [0.1, 0.15) is 128 Å². The lowest BCUT2D eigenvalue weighted by Crippen LogP contribution is -2.50. The van der Waals surface area contributed by atoms with Gasteiger partial charge in [-0.05, 0) is 53.5 Å². The summed E-state index contributed by atoms with van der Waals surface area (Å²) in [6.07, 6.45) is 1.96. The normalized spacial score (nSPS) is 13.3. The first-order valence-electron chi connectivity index (χ1n) is 14.2. The molecule has 38 heavy (non-hydrogen) atoms. The zero-order valence-corrected chi connectivity index (χ0v) is 27.4. The number of aryl methyl sites for hydroxylation is 3. The lowest BCUT2D eigenvalue weighted by molar-refractivity contribution is -0.717. The Morgan fingerprint density at radius 2 is 1.00 bits per heavy atom. The van der Waals surface area contributed by atoms with Gasteiger partial charge in [-0.25, -0.2) is 0 Å². The second kappa shape index (κ2) is 10.4. The zero-order chi connectivity index (χ0) is 28.8. The average Bonchev–Trinajstić information content (AvgIpc) is 3.19. The highest BCUT2D eigenvalue weighted by Gasteiger charge is 2.35. The molecule has 0 amide bonds. The summed E-state index contributed by atoms with van der Waals surface area (Å²) in [5.74, 6) is 0. The van der Waals surface area contributed by atoms with Crippen molar-refractivity contribution < 1.29 is 9.13 Å². The molecular weight excluding hydrogens is 484 g/mol. The van der Waals surface area contributed by atoms with Crippen LogP contribution in [-0.4, -0.2) is 10.2 Å². The minimum Gasteiger partial charge on any atom is -0.199 e. The van der Waals surface area contributed by atoms with E-state index < -0.39 is 0 Å². The summed E-state index contributed by atoms with van der Waals surface area (Å²) >= 11 is 1.74. The smallest absolute Gasteiger partial charge is 0.199 e. The van der Waals surface area contributed by atoms with E-state index in [1.54, 1.807) is 11.3 Å². The SMILES string of the molecule is Cc1cc(C(C)(C)C)[n+](CCCc2nnc(-[n+]3c(C(C)(C)C)cc(C)cc3C(C)(C)C)s2)c(C(C)(C)C)c1. The molecule has 0 N–H and O–H groups in total. The molecule has 208 valence electrons. The molecule has 3 rings (SSSR count). The first-order valence-corrected chi connectivity index (χ1v) is 15.0. The first-order chi connectivity index (χ1) is 17.2. The number of rotatable bonds is 5. The average molecular weight is 537 g/mol. The highest BCUT2D eigenvalue weighted by molar-refractivity contribution is 7.13. The second-order valence-electron chi connectivity index (χ2n) is 15.2. The number of pyridine rings is 2. The summed E-state index contributed by atoms with van der Waals surface area (Å²) in [4.78, 5) is 0. The van der Waals surface area contributed by atoms with Gasteiger partial charge in [0, 0.05) is 46.6 Å². The van der Waals surface area contributed by atoms with Crippen molar-refractivity contribution in [2.75, 3.05) is 0 Å². The number of nitrogens with zero attached hydrogens (tertiary/aromatic N) is 4. The van der Waals surface area contributed by atoms with Crippen LogP contribution in [0.2, 0.25) is 0 Å². The van der Waals surface area contributed by atoms with Crippen LogP contribution >= 0.6 is 11.3 Å². The second-order valence-corrected chi connectivity index (χ2v) is 16.2. The molecule has 0 unspecified atom stereocenters. The van der Waals surface area contributed by atoms with E-state index in [4.69, 9.17) is 5.10 Å². The third-order valence-corrected chi connectivity index (χ3v) is 7.98. The molecule has 4 nitrogen and oxygen atoms in total. The molecule has 3 heterocycles. The molecular formula is C33H52N4S+2. The molecule has 0 spiro atoms. The van der Waals surface area contributed by atoms with E-state index in [1.165, 1.54) is 33.9 Å². The fourth-order valence-corrected chi connectivity index (χ4v) is 6.02. The fraction of sp³-hybridized carbons (Fsp3) is 0.636. The molecule has 0 bridgehead atoms. The van der Waals surface area contributed by atoms with Gasteiger partial charge in [-0.2, -0.15) is 9.13 Å². The summed E-state index contributed by atoms with van der Waals surface area (Å²) in [7, 11) is 0. The highest BCUT2D eigenvalue weighted by Crippen LogP contribution is 2.29. The maximum Gasteiger partial charge on any atom is 0.415 e. The predicted molar refractivity (Wildman–Crippen MR) is 161 cm³/mol. The van der Waals surface area contributed by atoms with Crippen LogP contribution in [0.3, 0.4) is 0 Å². The van der Waals surface area contributed by atoms with Gasteiger partial charge >= 0.3 is 5.13 Å². The van der Waals surface area contributed by atoms with E-state index in [0.717, 1.165) is 29.5 Å². The fourth-order valence-electron chi connectivity index (χ4n) is 5.11. The molecule has 0 saturated carbocycles. The van der Waals surface area contributed by atoms with Gasteiger partial charge in [0.25, 0.3) is 0 Å². The van der Waals surface area contributed by atoms with Crippen LogP contribution in [0.15, 0.2) is 24.3 Å². The molecule has 0 aliphatic carbocycles. The van der Waals surface area contributed by atoms with Crippen LogP contribution in [0.4, 0.5) is 0 Å². The predicted octanol–water partition coefficient (Wildman–Crippen LogP) is 7.54. The van der Waals surface area contributed by atoms with Crippen molar-refractivity contribution in [3.8, 4) is 5.13 Å². The topological polar surface area (TPSA) is 33.5 Å². The van der Waals surface area contributed by atoms with E-state index in [-0.39, 0.29) is 21.7 Å². The Hall–Kier alpha value is -2.14. The summed E-state index contributed by atoms with van der Waals surface area (Å²) in [5.41, 5.74) is 8.15. The largest absolute Gasteiger partial charge is 0.415 e. The lowest BCUT2D eigenvalue weighted by atomic mass is 9.85. The molecule has 3 aromatic rings. The molecule has 0 aromatic carbocycles. The molecule has 0 aliphatic heterocycles. The summed E-state index contributed by atoms with van der Waals surface area (Å²) < 4.78 is 4.94. The van der Waals surface area contributed by atoms with E-state index in [9.17, 15) is 0 Å². The minimum atomic E-state index is -0.00729. The lowest BCUT2D eigenvalue weighted by Gasteiger charge is -2.26. The van der Waals surface area contributed by atoms with Gasteiger partial charge in [-0.15, -0.1) is 0 Å². The molecule has 0 aliphatic rings. The number of aromatic nitrogens is 4. The van der Waals surface area contributed by atoms with E-state index in [2.05, 4.69) is 135 Å². The van der Waals surface area contributed by atoms with Gasteiger partial charge < -0.3 is 0 Å². The molecule has 0 radical (unpaired) electrons. The first kappa shape index (κ1) is 30.4. The number of hydrogen-bond acceptors (Lipinski definition) is 3. The van der Waals surface area contributed by atoms with E-state index >= 15 is 0 Å². The van der Waals surface area contributed by atoms with Gasteiger partial charge in [-0.1, -0.05) is 83.1 Å². The monoisotopic (exact) mass is 536 g/mol. The summed E-state index contributed by atoms with van der Waals surface area (Å²) in [6, 6.07) is 9.36. The van der Waals surface area contributed by atoms with Crippen LogP contribution in [-0.2, 0) is 34.6 Å². The zero-order valence-electron chi connectivity index (χ0n) is 26.6. The maximum atomic E-state index is 4.74. The Bertz CT molecular complexity index is 1220. The van der Waals surface area contributed by atoms with Crippen molar-refractivity contribution in [1.82, 2.24) is 10.2 Å². The van der Waals surface area contributed by atoms with Crippen molar-refractivity contribution in [3.63, 3.8) is 0 Å². The molecule has 0 saturated heterocycles. The van der Waals surface area contributed by atoms with Crippen LogP contribution in [0.25, 0.3) is 5.13 Å². The van der Waals surface area contributed by atoms with E-state index in [0.29, 0.717) is 0 Å². The number of hydrogen-bond donors (Lipinski definition) is 0. The summed E-state index contributed by atoms with van der Waals surface area (Å²) in [5, 5.41) is 11.5. The third-order valence-electron chi connectivity index (χ3n) is 7.01. The molecule has 0 atom stereocenters. The van der Waals surface area contributed by atoms with Gasteiger partial charge in [0.05, 0.1) is 5.10 Å². The Labute approximate surface area is 236 Å². The van der Waals surface area contributed by atoms with Crippen molar-refractivity contribution in [2.45, 2.75) is 138 Å². The Morgan fingerprint density at radius 3 is 1.39 bits per heavy atom. The highest BCUT2D eigenvalue weighted by atomic mass is 32.1. The quantitative estimate of drug-likeness (QED) is 0.316. The van der Waals surface area contributed by atoms with Crippen molar-refractivity contribution in [1.29, 1.82) is 0 Å². The molecule has 0 fully saturated rings. The minimum absolute atomic E-state index is 0.00729. The molecule has 5 heteroatoms. The van der Waals surface area contributed by atoms with Crippen LogP contribution in [0.5, 0.6) is 0 Å². The van der Waals surface area contributed by atoms with E-state index in [1.807, 2.05) is 0 Å². The van der Waals surface area contributed by atoms with Crippen LogP contribution < -0.4 is 9.13 Å². The maximum absolute atomic E-state index is 4.74. The van der Waals surface area contributed by atoms with Crippen molar-refractivity contribution in [3.05, 3.63) is 63.2 Å². The van der Waals surface area contributed by atoms with Crippen molar-refractivity contribution in [2.24, 2.45) is 0 Å². The van der Waals surface area contributed by atoms with Gasteiger partial charge in [0.15, 0.2) is 11.4 Å².